The third-order valence-corrected chi connectivity index (χ3v) is 3.26. The molecular weight excluding hydrogens is 340 g/mol. The Morgan fingerprint density at radius 2 is 1.65 bits per heavy atom. The van der Waals surface area contributed by atoms with E-state index in [0.717, 1.165) is 5.56 Å². The minimum Gasteiger partial charge on any atom is -0.466 e. The molecule has 2 amide bonds. The molecule has 142 valence electrons. The van der Waals surface area contributed by atoms with Crippen molar-refractivity contribution in [3.63, 3.8) is 0 Å². The van der Waals surface area contributed by atoms with Crippen molar-refractivity contribution >= 4 is 23.8 Å². The molecule has 1 aromatic carbocycles. The number of esters is 2. The maximum Gasteiger partial charge on any atom is 0.325 e. The highest BCUT2D eigenvalue weighted by Gasteiger charge is 2.11. The van der Waals surface area contributed by atoms with Crippen LogP contribution in [0.1, 0.15) is 35.7 Å². The monoisotopic (exact) mass is 364 g/mol. The van der Waals surface area contributed by atoms with Gasteiger partial charge in [0.25, 0.3) is 11.8 Å². The molecule has 0 saturated heterocycles. The molecule has 1 aromatic rings. The van der Waals surface area contributed by atoms with Crippen molar-refractivity contribution in [3.05, 3.63) is 35.4 Å². The molecule has 1 rings (SSSR count). The normalized spacial score (nSPS) is 9.92. The van der Waals surface area contributed by atoms with Crippen molar-refractivity contribution in [2.75, 3.05) is 26.3 Å². The fourth-order valence-corrected chi connectivity index (χ4v) is 1.90. The van der Waals surface area contributed by atoms with Gasteiger partial charge in [0.2, 0.25) is 0 Å². The van der Waals surface area contributed by atoms with Crippen LogP contribution in [-0.4, -0.2) is 50.1 Å². The SMILES string of the molecule is CCOC(=O)CCCNC(=O)COC(=O)CNC(=O)c1ccc(C)cc1. The third kappa shape index (κ3) is 8.81. The van der Waals surface area contributed by atoms with Gasteiger partial charge in [-0.15, -0.1) is 0 Å². The van der Waals surface area contributed by atoms with Gasteiger partial charge in [0, 0.05) is 18.5 Å². The number of hydrogen-bond donors (Lipinski definition) is 2. The molecule has 2 N–H and O–H groups in total. The average Bonchev–Trinajstić information content (AvgIpc) is 2.62. The maximum absolute atomic E-state index is 11.8. The number of benzene rings is 1. The lowest BCUT2D eigenvalue weighted by atomic mass is 10.1. The number of amides is 2. The lowest BCUT2D eigenvalue weighted by Crippen LogP contribution is -2.34. The minimum absolute atomic E-state index is 0.207. The second-order valence-corrected chi connectivity index (χ2v) is 5.47. The Hall–Kier alpha value is -2.90. The predicted octanol–water partition coefficient (Wildman–Crippen LogP) is 0.728. The van der Waals surface area contributed by atoms with Gasteiger partial charge < -0.3 is 20.1 Å². The number of hydrogen-bond acceptors (Lipinski definition) is 6. The lowest BCUT2D eigenvalue weighted by molar-refractivity contribution is -0.147. The van der Waals surface area contributed by atoms with E-state index < -0.39 is 24.4 Å². The number of rotatable bonds is 10. The van der Waals surface area contributed by atoms with Gasteiger partial charge in [0.1, 0.15) is 6.54 Å². The molecule has 0 aromatic heterocycles. The molecule has 26 heavy (non-hydrogen) atoms. The minimum atomic E-state index is -0.716. The van der Waals surface area contributed by atoms with Crippen molar-refractivity contribution in [2.45, 2.75) is 26.7 Å². The highest BCUT2D eigenvalue weighted by molar-refractivity contribution is 5.96. The van der Waals surface area contributed by atoms with Crippen LogP contribution < -0.4 is 10.6 Å². The van der Waals surface area contributed by atoms with Gasteiger partial charge in [-0.3, -0.25) is 19.2 Å². The van der Waals surface area contributed by atoms with E-state index in [1.807, 2.05) is 6.92 Å². The topological polar surface area (TPSA) is 111 Å². The number of aryl methyl sites for hydroxylation is 1. The van der Waals surface area contributed by atoms with Gasteiger partial charge in [-0.1, -0.05) is 17.7 Å². The summed E-state index contributed by atoms with van der Waals surface area (Å²) in [6.07, 6.45) is 0.643. The average molecular weight is 364 g/mol. The molecule has 0 fully saturated rings. The Kier molecular flexibility index (Phi) is 9.45. The standard InChI is InChI=1S/C18H24N2O6/c1-3-25-16(22)5-4-10-19-15(21)12-26-17(23)11-20-18(24)14-8-6-13(2)7-9-14/h6-9H,3-5,10-12H2,1-2H3,(H,19,21)(H,20,24). The van der Waals surface area contributed by atoms with E-state index in [2.05, 4.69) is 10.6 Å². The van der Waals surface area contributed by atoms with Gasteiger partial charge in [-0.25, -0.2) is 0 Å². The molecule has 0 aliphatic heterocycles. The van der Waals surface area contributed by atoms with Crippen LogP contribution in [0.4, 0.5) is 0 Å². The number of carbonyl (C=O) groups is 4. The number of nitrogens with one attached hydrogen (secondary N) is 2. The summed E-state index contributed by atoms with van der Waals surface area (Å²) < 4.78 is 9.52. The zero-order chi connectivity index (χ0) is 19.4. The summed E-state index contributed by atoms with van der Waals surface area (Å²) in [6.45, 7) is 3.45. The van der Waals surface area contributed by atoms with E-state index >= 15 is 0 Å². The summed E-state index contributed by atoms with van der Waals surface area (Å²) in [5.41, 5.74) is 1.46. The van der Waals surface area contributed by atoms with Gasteiger partial charge >= 0.3 is 11.9 Å². The molecule has 0 atom stereocenters. The van der Waals surface area contributed by atoms with Crippen molar-refractivity contribution in [2.24, 2.45) is 0 Å². The molecule has 0 aliphatic carbocycles. The molecule has 0 saturated carbocycles. The molecule has 0 heterocycles. The Labute approximate surface area is 152 Å². The molecule has 0 radical (unpaired) electrons. The third-order valence-electron chi connectivity index (χ3n) is 3.26. The van der Waals surface area contributed by atoms with Gasteiger partial charge in [0.15, 0.2) is 6.61 Å². The van der Waals surface area contributed by atoms with E-state index in [4.69, 9.17) is 9.47 Å². The summed E-state index contributed by atoms with van der Waals surface area (Å²) in [6, 6.07) is 6.89. The summed E-state index contributed by atoms with van der Waals surface area (Å²) >= 11 is 0. The molecule has 8 heteroatoms. The zero-order valence-electron chi connectivity index (χ0n) is 15.0. The highest BCUT2D eigenvalue weighted by atomic mass is 16.5. The van der Waals surface area contributed by atoms with Gasteiger partial charge in [-0.05, 0) is 32.4 Å². The first-order chi connectivity index (χ1) is 12.4. The van der Waals surface area contributed by atoms with Crippen LogP contribution >= 0.6 is 0 Å². The second-order valence-electron chi connectivity index (χ2n) is 5.47. The van der Waals surface area contributed by atoms with Crippen LogP contribution in [0.25, 0.3) is 0 Å². The van der Waals surface area contributed by atoms with E-state index in [9.17, 15) is 19.2 Å². The van der Waals surface area contributed by atoms with Crippen molar-refractivity contribution in [1.29, 1.82) is 0 Å². The second kappa shape index (κ2) is 11.6. The first-order valence-electron chi connectivity index (χ1n) is 8.35. The van der Waals surface area contributed by atoms with E-state index in [0.29, 0.717) is 18.6 Å². The van der Waals surface area contributed by atoms with Gasteiger partial charge in [-0.2, -0.15) is 0 Å². The molecule has 0 spiro atoms. The van der Waals surface area contributed by atoms with Crippen LogP contribution in [0.3, 0.4) is 0 Å². The van der Waals surface area contributed by atoms with Gasteiger partial charge in [0.05, 0.1) is 6.61 Å². The fraction of sp³-hybridized carbons (Fsp3) is 0.444. The summed E-state index contributed by atoms with van der Waals surface area (Å²) in [4.78, 5) is 46.0. The zero-order valence-corrected chi connectivity index (χ0v) is 15.0. The first-order valence-corrected chi connectivity index (χ1v) is 8.35. The van der Waals surface area contributed by atoms with Crippen molar-refractivity contribution in [3.8, 4) is 0 Å². The Morgan fingerprint density at radius 1 is 0.962 bits per heavy atom. The molecule has 0 bridgehead atoms. The van der Waals surface area contributed by atoms with Crippen molar-refractivity contribution in [1.82, 2.24) is 10.6 Å². The fourth-order valence-electron chi connectivity index (χ4n) is 1.90. The highest BCUT2D eigenvalue weighted by Crippen LogP contribution is 2.02. The van der Waals surface area contributed by atoms with E-state index in [1.54, 1.807) is 31.2 Å². The lowest BCUT2D eigenvalue weighted by Gasteiger charge is -2.08. The molecule has 0 aliphatic rings. The van der Waals surface area contributed by atoms with Crippen molar-refractivity contribution < 1.29 is 28.7 Å². The van der Waals surface area contributed by atoms with Crippen LogP contribution in [0, 0.1) is 6.92 Å². The summed E-state index contributed by atoms with van der Waals surface area (Å²) in [5.74, 6) is -1.91. The Balaban J connectivity index is 2.15. The summed E-state index contributed by atoms with van der Waals surface area (Å²) in [5, 5.41) is 4.94. The number of ether oxygens (including phenoxy) is 2. The first kappa shape index (κ1) is 21.1. The summed E-state index contributed by atoms with van der Waals surface area (Å²) in [7, 11) is 0. The largest absolute Gasteiger partial charge is 0.466 e. The van der Waals surface area contributed by atoms with Crippen LogP contribution in [0.2, 0.25) is 0 Å². The number of carbonyl (C=O) groups excluding carboxylic acids is 4. The quantitative estimate of drug-likeness (QED) is 0.468. The Morgan fingerprint density at radius 3 is 2.31 bits per heavy atom. The van der Waals surface area contributed by atoms with Crippen LogP contribution in [0.5, 0.6) is 0 Å². The molecule has 8 nitrogen and oxygen atoms in total. The smallest absolute Gasteiger partial charge is 0.325 e. The molecular formula is C18H24N2O6. The Bertz CT molecular complexity index is 627. The molecule has 0 unspecified atom stereocenters. The van der Waals surface area contributed by atoms with Crippen LogP contribution in [-0.2, 0) is 23.9 Å². The predicted molar refractivity (Wildman–Crippen MR) is 93.3 cm³/mol. The van der Waals surface area contributed by atoms with E-state index in [-0.39, 0.29) is 25.5 Å². The van der Waals surface area contributed by atoms with E-state index in [1.165, 1.54) is 0 Å². The van der Waals surface area contributed by atoms with Crippen LogP contribution in [0.15, 0.2) is 24.3 Å². The maximum atomic E-state index is 11.8.